The van der Waals surface area contributed by atoms with Crippen molar-refractivity contribution in [1.82, 2.24) is 4.90 Å². The lowest BCUT2D eigenvalue weighted by atomic mass is 10.0. The number of carbonyl (C=O) groups is 1. The molecule has 1 aliphatic carbocycles. The molecule has 25 heavy (non-hydrogen) atoms. The molecular formula is C19H28N2O3S. The first-order chi connectivity index (χ1) is 12.0. The number of nitrogens with one attached hydrogen (secondary N) is 1. The summed E-state index contributed by atoms with van der Waals surface area (Å²) >= 11 is 0. The van der Waals surface area contributed by atoms with Gasteiger partial charge in [0.25, 0.3) is 0 Å². The van der Waals surface area contributed by atoms with Crippen LogP contribution < -0.4 is 5.32 Å². The van der Waals surface area contributed by atoms with Crippen LogP contribution in [0.3, 0.4) is 0 Å². The molecule has 5 nitrogen and oxygen atoms in total. The number of rotatable bonds is 5. The summed E-state index contributed by atoms with van der Waals surface area (Å²) in [5.74, 6) is 0.0799. The van der Waals surface area contributed by atoms with Gasteiger partial charge in [0, 0.05) is 18.3 Å². The molecule has 1 aromatic rings. The number of benzene rings is 1. The van der Waals surface area contributed by atoms with E-state index in [1.54, 1.807) is 18.2 Å². The van der Waals surface area contributed by atoms with E-state index >= 15 is 0 Å². The first-order valence-corrected chi connectivity index (χ1v) is 10.9. The summed E-state index contributed by atoms with van der Waals surface area (Å²) < 4.78 is 25.4. The van der Waals surface area contributed by atoms with Gasteiger partial charge in [0.2, 0.25) is 5.91 Å². The highest BCUT2D eigenvalue weighted by Crippen LogP contribution is 2.30. The molecule has 2 fully saturated rings. The Morgan fingerprint density at radius 2 is 1.88 bits per heavy atom. The van der Waals surface area contributed by atoms with Crippen LogP contribution in [-0.2, 0) is 14.6 Å². The first kappa shape index (κ1) is 18.2. The first-order valence-electron chi connectivity index (χ1n) is 9.36. The largest absolute Gasteiger partial charge is 0.376 e. The van der Waals surface area contributed by atoms with Gasteiger partial charge in [-0.15, -0.1) is 0 Å². The summed E-state index contributed by atoms with van der Waals surface area (Å²) in [4.78, 5) is 14.7. The van der Waals surface area contributed by atoms with Crippen LogP contribution in [0.15, 0.2) is 29.2 Å². The molecule has 1 unspecified atom stereocenters. The molecule has 0 bridgehead atoms. The summed E-state index contributed by atoms with van der Waals surface area (Å²) in [6.45, 7) is 3.11. The summed E-state index contributed by atoms with van der Waals surface area (Å²) in [5.41, 5.74) is 0.692. The molecule has 3 rings (SSSR count). The van der Waals surface area contributed by atoms with Crippen LogP contribution in [0.5, 0.6) is 0 Å². The fraction of sp³-hybridized carbons (Fsp3) is 0.632. The Hall–Kier alpha value is -1.56. The number of hydrogen-bond acceptors (Lipinski definition) is 4. The van der Waals surface area contributed by atoms with E-state index < -0.39 is 9.84 Å². The number of hydrogen-bond donors (Lipinski definition) is 1. The van der Waals surface area contributed by atoms with E-state index in [0.29, 0.717) is 10.6 Å². The second-order valence-corrected chi connectivity index (χ2v) is 9.49. The van der Waals surface area contributed by atoms with Crippen molar-refractivity contribution in [1.29, 1.82) is 0 Å². The van der Waals surface area contributed by atoms with Crippen LogP contribution in [0.25, 0.3) is 0 Å². The molecule has 0 aromatic heterocycles. The minimum Gasteiger partial charge on any atom is -0.376 e. The minimum absolute atomic E-state index is 0.0799. The highest BCUT2D eigenvalue weighted by Gasteiger charge is 2.30. The van der Waals surface area contributed by atoms with E-state index in [1.165, 1.54) is 6.42 Å². The van der Waals surface area contributed by atoms with Crippen molar-refractivity contribution in [3.05, 3.63) is 24.3 Å². The summed E-state index contributed by atoms with van der Waals surface area (Å²) in [6, 6.07) is 7.18. The van der Waals surface area contributed by atoms with Crippen LogP contribution in [-0.4, -0.2) is 43.6 Å². The van der Waals surface area contributed by atoms with E-state index in [4.69, 9.17) is 0 Å². The Bertz CT molecular complexity index is 711. The van der Waals surface area contributed by atoms with Gasteiger partial charge in [-0.3, -0.25) is 4.79 Å². The van der Waals surface area contributed by atoms with Gasteiger partial charge in [0.15, 0.2) is 9.84 Å². The number of amides is 1. The lowest BCUT2D eigenvalue weighted by Crippen LogP contribution is -2.44. The molecule has 1 aliphatic heterocycles. The summed E-state index contributed by atoms with van der Waals surface area (Å²) in [7, 11) is -3.26. The van der Waals surface area contributed by atoms with Crippen molar-refractivity contribution in [3.8, 4) is 0 Å². The van der Waals surface area contributed by atoms with Gasteiger partial charge in [-0.1, -0.05) is 18.9 Å². The predicted molar refractivity (Wildman–Crippen MR) is 99.4 cm³/mol. The zero-order valence-electron chi connectivity index (χ0n) is 14.9. The lowest BCUT2D eigenvalue weighted by molar-refractivity contribution is -0.132. The molecular weight excluding hydrogens is 336 g/mol. The lowest BCUT2D eigenvalue weighted by Gasteiger charge is -2.33. The zero-order chi connectivity index (χ0) is 17.9. The Morgan fingerprint density at radius 1 is 1.16 bits per heavy atom. The Labute approximate surface area is 150 Å². The highest BCUT2D eigenvalue weighted by atomic mass is 32.2. The maximum atomic E-state index is 12.7. The van der Waals surface area contributed by atoms with Crippen LogP contribution >= 0.6 is 0 Å². The molecule has 1 atom stereocenters. The van der Waals surface area contributed by atoms with Crippen LogP contribution in [0.2, 0.25) is 0 Å². The number of nitrogens with zero attached hydrogens (tertiary/aromatic N) is 1. The van der Waals surface area contributed by atoms with Crippen molar-refractivity contribution < 1.29 is 13.2 Å². The molecule has 0 spiro atoms. The van der Waals surface area contributed by atoms with Gasteiger partial charge in [-0.2, -0.15) is 0 Å². The van der Waals surface area contributed by atoms with Crippen LogP contribution in [0.4, 0.5) is 5.69 Å². The molecule has 1 N–H and O–H groups in total. The van der Waals surface area contributed by atoms with Crippen molar-refractivity contribution in [2.75, 3.05) is 18.4 Å². The van der Waals surface area contributed by atoms with Crippen molar-refractivity contribution >= 4 is 21.4 Å². The van der Waals surface area contributed by atoms with Crippen molar-refractivity contribution in [2.45, 2.75) is 68.1 Å². The minimum atomic E-state index is -3.26. The molecule has 0 radical (unpaired) electrons. The fourth-order valence-corrected chi connectivity index (χ4v) is 5.82. The molecule has 1 aromatic carbocycles. The smallest absolute Gasteiger partial charge is 0.242 e. The Balaban J connectivity index is 1.64. The molecule has 1 amide bonds. The predicted octanol–water partition coefficient (Wildman–Crippen LogP) is 3.22. The van der Waals surface area contributed by atoms with Crippen molar-refractivity contribution in [3.63, 3.8) is 0 Å². The standard InChI is InChI=1S/C19H28N2O3S/c1-15-7-4-5-12-21(15)19(22)14-20-16-8-6-11-18(13-16)25(23,24)17-9-2-3-10-17/h6,8,11,13,15,17,20H,2-5,7,9-10,12,14H2,1H3. The second kappa shape index (κ2) is 7.77. The van der Waals surface area contributed by atoms with Crippen LogP contribution in [0.1, 0.15) is 51.9 Å². The van der Waals surface area contributed by atoms with Crippen molar-refractivity contribution in [2.24, 2.45) is 0 Å². The highest BCUT2D eigenvalue weighted by molar-refractivity contribution is 7.92. The van der Waals surface area contributed by atoms with E-state index in [0.717, 1.165) is 45.1 Å². The third-order valence-corrected chi connectivity index (χ3v) is 7.73. The molecule has 1 saturated heterocycles. The zero-order valence-corrected chi connectivity index (χ0v) is 15.7. The monoisotopic (exact) mass is 364 g/mol. The quantitative estimate of drug-likeness (QED) is 0.871. The number of sulfone groups is 1. The summed E-state index contributed by atoms with van der Waals surface area (Å²) in [6.07, 6.45) is 6.79. The average molecular weight is 365 g/mol. The molecule has 2 aliphatic rings. The topological polar surface area (TPSA) is 66.5 Å². The van der Waals surface area contributed by atoms with E-state index in [1.807, 2.05) is 11.0 Å². The van der Waals surface area contributed by atoms with Gasteiger partial charge in [-0.05, 0) is 57.2 Å². The Morgan fingerprint density at radius 3 is 2.60 bits per heavy atom. The Kier molecular flexibility index (Phi) is 5.67. The summed E-state index contributed by atoms with van der Waals surface area (Å²) in [5, 5.41) is 2.86. The van der Waals surface area contributed by atoms with Gasteiger partial charge in [0.1, 0.15) is 0 Å². The van der Waals surface area contributed by atoms with Crippen LogP contribution in [0, 0.1) is 0 Å². The number of piperidine rings is 1. The third kappa shape index (κ3) is 4.17. The molecule has 1 saturated carbocycles. The number of anilines is 1. The maximum absolute atomic E-state index is 12.7. The van der Waals surface area contributed by atoms with E-state index in [2.05, 4.69) is 12.2 Å². The SMILES string of the molecule is CC1CCCCN1C(=O)CNc1cccc(S(=O)(=O)C2CCCC2)c1. The van der Waals surface area contributed by atoms with E-state index in [9.17, 15) is 13.2 Å². The number of likely N-dealkylation sites (tertiary alicyclic amines) is 1. The average Bonchev–Trinajstić information content (AvgIpc) is 3.16. The second-order valence-electron chi connectivity index (χ2n) is 7.26. The fourth-order valence-electron chi connectivity index (χ4n) is 3.92. The third-order valence-electron chi connectivity index (χ3n) is 5.47. The maximum Gasteiger partial charge on any atom is 0.242 e. The number of carbonyl (C=O) groups excluding carboxylic acids is 1. The van der Waals surface area contributed by atoms with Gasteiger partial charge in [0.05, 0.1) is 16.7 Å². The molecule has 138 valence electrons. The normalized spacial score (nSPS) is 22.1. The van der Waals surface area contributed by atoms with Gasteiger partial charge >= 0.3 is 0 Å². The van der Waals surface area contributed by atoms with Gasteiger partial charge in [-0.25, -0.2) is 8.42 Å². The van der Waals surface area contributed by atoms with E-state index in [-0.39, 0.29) is 23.7 Å². The van der Waals surface area contributed by atoms with Gasteiger partial charge < -0.3 is 10.2 Å². The molecule has 1 heterocycles. The molecule has 6 heteroatoms.